The summed E-state index contributed by atoms with van der Waals surface area (Å²) in [6.45, 7) is 0. The maximum absolute atomic E-state index is 12.7. The van der Waals surface area contributed by atoms with E-state index in [0.717, 1.165) is 0 Å². The van der Waals surface area contributed by atoms with Gasteiger partial charge in [0.15, 0.2) is 0 Å². The number of piperidine rings is 2. The van der Waals surface area contributed by atoms with Crippen LogP contribution in [0.5, 0.6) is 0 Å². The average molecular weight is 250 g/mol. The highest BCUT2D eigenvalue weighted by molar-refractivity contribution is 6.22. The lowest BCUT2D eigenvalue weighted by Gasteiger charge is -2.39. The summed E-state index contributed by atoms with van der Waals surface area (Å²) in [4.78, 5) is 44.7. The van der Waals surface area contributed by atoms with Crippen molar-refractivity contribution in [2.24, 2.45) is 17.8 Å². The van der Waals surface area contributed by atoms with Crippen LogP contribution in [0, 0.1) is 17.8 Å². The predicted octanol–water partition coefficient (Wildman–Crippen LogP) is -1.29. The normalized spacial score (nSPS) is 33.2. The van der Waals surface area contributed by atoms with E-state index >= 15 is 0 Å². The Kier molecular flexibility index (Phi) is 2.23. The minimum Gasteiger partial charge on any atom is -0.295 e. The van der Waals surface area contributed by atoms with Crippen LogP contribution in [0.25, 0.3) is 0 Å². The molecule has 9 heteroatoms. The third kappa shape index (κ3) is 1.58. The number of alkyl halides is 3. The van der Waals surface area contributed by atoms with Crippen LogP contribution in [0.2, 0.25) is 0 Å². The molecule has 0 aromatic rings. The molecule has 2 rings (SSSR count). The van der Waals surface area contributed by atoms with E-state index in [0.29, 0.717) is 0 Å². The molecule has 2 saturated heterocycles. The van der Waals surface area contributed by atoms with E-state index in [-0.39, 0.29) is 0 Å². The van der Waals surface area contributed by atoms with Crippen LogP contribution in [0.1, 0.15) is 0 Å². The smallest absolute Gasteiger partial charge is 0.295 e. The van der Waals surface area contributed by atoms with Crippen LogP contribution < -0.4 is 10.6 Å². The molecule has 17 heavy (non-hydrogen) atoms. The minimum absolute atomic E-state index is 1.33. The summed E-state index contributed by atoms with van der Waals surface area (Å²) in [5.41, 5.74) is 0. The second kappa shape index (κ2) is 3.28. The third-order valence-electron chi connectivity index (χ3n) is 2.72. The SMILES string of the molecule is O=C1NC(=O)C2C(=O)NC(=O)C1C2C(F)(F)F. The number of amides is 4. The Morgan fingerprint density at radius 1 is 0.765 bits per heavy atom. The molecule has 0 aliphatic carbocycles. The second-order valence-electron chi connectivity index (χ2n) is 3.73. The van der Waals surface area contributed by atoms with Crippen LogP contribution in [-0.4, -0.2) is 29.8 Å². The summed E-state index contributed by atoms with van der Waals surface area (Å²) in [5.74, 6) is -12.1. The fraction of sp³-hybridized carbons (Fsp3) is 0.500. The topological polar surface area (TPSA) is 92.3 Å². The van der Waals surface area contributed by atoms with Crippen LogP contribution >= 0.6 is 0 Å². The number of fused-ring (bicyclic) bond motifs is 2. The number of imide groups is 2. The molecular formula is C8H5F3N2O4. The van der Waals surface area contributed by atoms with Gasteiger partial charge in [0.2, 0.25) is 23.6 Å². The van der Waals surface area contributed by atoms with Crippen molar-refractivity contribution in [2.75, 3.05) is 0 Å². The Balaban J connectivity index is 2.53. The number of hydrogen-bond acceptors (Lipinski definition) is 4. The van der Waals surface area contributed by atoms with Crippen molar-refractivity contribution in [2.45, 2.75) is 6.18 Å². The molecule has 0 aromatic carbocycles. The van der Waals surface area contributed by atoms with Gasteiger partial charge in [0.1, 0.15) is 11.8 Å². The standard InChI is InChI=1S/C8H5F3N2O4/c9-8(10,11)3-1-4(14)12-6(16)2(3)7(17)13-5(1)15/h1-3H,(H,12,14,16)(H,13,15,17). The van der Waals surface area contributed by atoms with Gasteiger partial charge in [-0.2, -0.15) is 13.2 Å². The van der Waals surface area contributed by atoms with Crippen LogP contribution in [0.3, 0.4) is 0 Å². The molecule has 0 atom stereocenters. The van der Waals surface area contributed by atoms with Gasteiger partial charge < -0.3 is 0 Å². The monoisotopic (exact) mass is 250 g/mol. The highest BCUT2D eigenvalue weighted by atomic mass is 19.4. The number of rotatable bonds is 0. The Hall–Kier alpha value is -1.93. The fourth-order valence-corrected chi connectivity index (χ4v) is 2.01. The molecule has 2 bridgehead atoms. The van der Waals surface area contributed by atoms with Crippen molar-refractivity contribution in [3.63, 3.8) is 0 Å². The molecule has 2 aliphatic heterocycles. The van der Waals surface area contributed by atoms with Crippen molar-refractivity contribution in [1.82, 2.24) is 10.6 Å². The number of hydrogen-bond donors (Lipinski definition) is 2. The van der Waals surface area contributed by atoms with Crippen LogP contribution in [-0.2, 0) is 19.2 Å². The number of halogens is 3. The Labute approximate surface area is 91.5 Å². The molecule has 0 aromatic heterocycles. The lowest BCUT2D eigenvalue weighted by atomic mass is 9.73. The lowest BCUT2D eigenvalue weighted by molar-refractivity contribution is -0.216. The summed E-state index contributed by atoms with van der Waals surface area (Å²) in [7, 11) is 0. The van der Waals surface area contributed by atoms with E-state index in [1.807, 2.05) is 0 Å². The van der Waals surface area contributed by atoms with Crippen molar-refractivity contribution < 1.29 is 32.3 Å². The first-order valence-corrected chi connectivity index (χ1v) is 4.49. The largest absolute Gasteiger partial charge is 0.394 e. The molecule has 0 radical (unpaired) electrons. The maximum Gasteiger partial charge on any atom is 0.394 e. The van der Waals surface area contributed by atoms with Gasteiger partial charge in [-0.25, -0.2) is 0 Å². The zero-order valence-corrected chi connectivity index (χ0v) is 8.00. The summed E-state index contributed by atoms with van der Waals surface area (Å²) in [6, 6.07) is 0. The first-order chi connectivity index (χ1) is 7.73. The molecule has 6 nitrogen and oxygen atoms in total. The van der Waals surface area contributed by atoms with Gasteiger partial charge in [-0.3, -0.25) is 29.8 Å². The Morgan fingerprint density at radius 3 is 1.29 bits per heavy atom. The number of carbonyl (C=O) groups is 4. The van der Waals surface area contributed by atoms with E-state index in [2.05, 4.69) is 0 Å². The van der Waals surface area contributed by atoms with Gasteiger partial charge in [-0.05, 0) is 0 Å². The fourth-order valence-electron chi connectivity index (χ4n) is 2.01. The van der Waals surface area contributed by atoms with Gasteiger partial charge in [-0.1, -0.05) is 0 Å². The van der Waals surface area contributed by atoms with Crippen molar-refractivity contribution >= 4 is 23.6 Å². The van der Waals surface area contributed by atoms with E-state index in [1.165, 1.54) is 0 Å². The van der Waals surface area contributed by atoms with E-state index in [9.17, 15) is 32.3 Å². The highest BCUT2D eigenvalue weighted by Gasteiger charge is 2.64. The molecule has 2 aliphatic rings. The van der Waals surface area contributed by atoms with Gasteiger partial charge in [-0.15, -0.1) is 0 Å². The molecule has 0 unspecified atom stereocenters. The number of carbonyl (C=O) groups excluding carboxylic acids is 4. The molecule has 2 N–H and O–H groups in total. The predicted molar refractivity (Wildman–Crippen MR) is 42.8 cm³/mol. The Morgan fingerprint density at radius 2 is 1.06 bits per heavy atom. The first-order valence-electron chi connectivity index (χ1n) is 4.49. The molecule has 4 amide bonds. The van der Waals surface area contributed by atoms with Gasteiger partial charge in [0.05, 0.1) is 5.92 Å². The minimum atomic E-state index is -4.98. The molecule has 92 valence electrons. The first kappa shape index (κ1) is 11.6. The van der Waals surface area contributed by atoms with Crippen molar-refractivity contribution in [1.29, 1.82) is 0 Å². The van der Waals surface area contributed by atoms with Gasteiger partial charge >= 0.3 is 6.18 Å². The quantitative estimate of drug-likeness (QED) is 0.413. The summed E-state index contributed by atoms with van der Waals surface area (Å²) in [6.07, 6.45) is -4.98. The number of nitrogens with one attached hydrogen (secondary N) is 2. The average Bonchev–Trinajstić information content (AvgIpc) is 2.13. The van der Waals surface area contributed by atoms with Crippen LogP contribution in [0.15, 0.2) is 0 Å². The third-order valence-corrected chi connectivity index (χ3v) is 2.72. The zero-order valence-electron chi connectivity index (χ0n) is 8.00. The second-order valence-corrected chi connectivity index (χ2v) is 3.73. The van der Waals surface area contributed by atoms with Crippen molar-refractivity contribution in [3.05, 3.63) is 0 Å². The molecule has 2 fully saturated rings. The highest BCUT2D eigenvalue weighted by Crippen LogP contribution is 2.42. The van der Waals surface area contributed by atoms with E-state index in [4.69, 9.17) is 0 Å². The summed E-state index contributed by atoms with van der Waals surface area (Å²) >= 11 is 0. The molecule has 2 heterocycles. The van der Waals surface area contributed by atoms with Gasteiger partial charge in [0, 0.05) is 0 Å². The summed E-state index contributed by atoms with van der Waals surface area (Å²) in [5, 5.41) is 3.17. The van der Waals surface area contributed by atoms with Crippen LogP contribution in [0.4, 0.5) is 13.2 Å². The molecule has 0 spiro atoms. The lowest BCUT2D eigenvalue weighted by Crippen LogP contribution is -2.68. The molecular weight excluding hydrogens is 245 g/mol. The van der Waals surface area contributed by atoms with Crippen molar-refractivity contribution in [3.8, 4) is 0 Å². The van der Waals surface area contributed by atoms with E-state index in [1.54, 1.807) is 10.6 Å². The summed E-state index contributed by atoms with van der Waals surface area (Å²) < 4.78 is 38.1. The Bertz CT molecular complexity index is 383. The van der Waals surface area contributed by atoms with E-state index < -0.39 is 47.6 Å². The van der Waals surface area contributed by atoms with Gasteiger partial charge in [0.25, 0.3) is 0 Å². The molecule has 0 saturated carbocycles. The maximum atomic E-state index is 12.7. The zero-order chi connectivity index (χ0) is 13.0.